The van der Waals surface area contributed by atoms with Gasteiger partial charge in [-0.3, -0.25) is 4.68 Å². The Hall–Kier alpha value is -4.47. The minimum atomic E-state index is 0. The maximum absolute atomic E-state index is 6.69. The third kappa shape index (κ3) is 8.42. The fraction of sp³-hybridized carbons (Fsp3) is 0.333. The van der Waals surface area contributed by atoms with E-state index in [1.165, 1.54) is 35.8 Å². The van der Waals surface area contributed by atoms with Crippen molar-refractivity contribution in [2.24, 2.45) is 11.3 Å². The smallest absolute Gasteiger partial charge is 0.509 e. The first-order valence-corrected chi connectivity index (χ1v) is 19.1. The normalized spacial score (nSPS) is 12.4. The molecule has 0 aliphatic heterocycles. The van der Waals surface area contributed by atoms with E-state index in [0.29, 0.717) is 28.7 Å². The number of aryl methyl sites for hydroxylation is 2. The molecule has 0 amide bonds. The molecule has 54 heavy (non-hydrogen) atoms. The predicted molar refractivity (Wildman–Crippen MR) is 220 cm³/mol. The van der Waals surface area contributed by atoms with Crippen molar-refractivity contribution in [1.82, 2.24) is 19.3 Å². The van der Waals surface area contributed by atoms with Crippen molar-refractivity contribution in [2.45, 2.75) is 93.9 Å². The molecule has 0 bridgehead atoms. The van der Waals surface area contributed by atoms with Gasteiger partial charge in [0.2, 0.25) is 0 Å². The van der Waals surface area contributed by atoms with Crippen LogP contribution in [0.5, 0.6) is 11.5 Å². The molecule has 0 aliphatic carbocycles. The number of fused-ring (bicyclic) bond motifs is 3. The Morgan fingerprint density at radius 2 is 1.59 bits per heavy atom. The maximum atomic E-state index is 6.69. The van der Waals surface area contributed by atoms with E-state index < -0.39 is 0 Å². The summed E-state index contributed by atoms with van der Waals surface area (Å²) in [5.41, 5.74) is 11.3. The number of benzene rings is 4. The monoisotopic (exact) mass is 895 g/mol. The van der Waals surface area contributed by atoms with Crippen LogP contribution in [0.3, 0.4) is 0 Å². The first kappa shape index (κ1) is 39.2. The van der Waals surface area contributed by atoms with Crippen LogP contribution < -0.4 is 4.74 Å². The second kappa shape index (κ2) is 16.1. The summed E-state index contributed by atoms with van der Waals surface area (Å²) in [7, 11) is 0. The molecule has 1 unspecified atom stereocenters. The summed E-state index contributed by atoms with van der Waals surface area (Å²) in [5.74, 6) is 3.09. The number of pyridine rings is 1. The Balaban J connectivity index is 0.00000497. The first-order valence-electron chi connectivity index (χ1n) is 19.1. The topological polar surface area (TPSA) is 44.9 Å². The third-order valence-electron chi connectivity index (χ3n) is 10.3. The number of aromatic nitrogens is 4. The molecule has 3 heterocycles. The standard InChI is InChI=1S/C48H52N4O.Pt/c1-31(2)24-36-26-39(52-35(6)47(34(5)50-52)37-15-11-10-12-16-37)29-41(27-36)53-40-18-19-42-43-28-38(33(4)14-13-22-48(7,8)9)17-20-44(43)51(45(42)30-40)46-25-32(3)21-23-49-46;/h10-12,15-21,23,25-28,31,33H,13-14,22,24H2,1-9H3;/q-2;+2. The first-order chi connectivity index (χ1) is 25.3. The van der Waals surface area contributed by atoms with E-state index in [0.717, 1.165) is 62.4 Å². The molecule has 0 aliphatic rings. The van der Waals surface area contributed by atoms with E-state index in [1.807, 2.05) is 29.1 Å². The average Bonchev–Trinajstić information content (AvgIpc) is 3.59. The molecule has 5 nitrogen and oxygen atoms in total. The van der Waals surface area contributed by atoms with Gasteiger partial charge in [-0.1, -0.05) is 95.9 Å². The maximum Gasteiger partial charge on any atom is 2.00 e. The zero-order valence-corrected chi connectivity index (χ0v) is 35.4. The zero-order valence-electron chi connectivity index (χ0n) is 33.2. The van der Waals surface area contributed by atoms with Crippen LogP contribution in [-0.2, 0) is 27.5 Å². The number of hydrogen-bond acceptors (Lipinski definition) is 3. The average molecular weight is 896 g/mol. The van der Waals surface area contributed by atoms with Crippen molar-refractivity contribution in [3.05, 3.63) is 131 Å². The number of rotatable bonds is 11. The molecule has 7 aromatic rings. The number of hydrogen-bond donors (Lipinski definition) is 0. The van der Waals surface area contributed by atoms with Crippen LogP contribution in [0.15, 0.2) is 91.1 Å². The zero-order chi connectivity index (χ0) is 37.4. The van der Waals surface area contributed by atoms with Crippen molar-refractivity contribution in [2.75, 3.05) is 0 Å². The minimum absolute atomic E-state index is 0. The van der Waals surface area contributed by atoms with Gasteiger partial charge in [0, 0.05) is 34.5 Å². The van der Waals surface area contributed by atoms with Gasteiger partial charge in [-0.2, -0.15) is 16.7 Å². The second-order valence-electron chi connectivity index (χ2n) is 16.5. The molecule has 1 atom stereocenters. The van der Waals surface area contributed by atoms with Gasteiger partial charge in [-0.05, 0) is 103 Å². The molecule has 3 aromatic heterocycles. The Morgan fingerprint density at radius 3 is 2.31 bits per heavy atom. The van der Waals surface area contributed by atoms with Crippen LogP contribution in [0.1, 0.15) is 94.8 Å². The Kier molecular flexibility index (Phi) is 11.7. The van der Waals surface area contributed by atoms with Gasteiger partial charge in [-0.25, -0.2) is 4.98 Å². The Labute approximate surface area is 336 Å². The van der Waals surface area contributed by atoms with Crippen LogP contribution in [0.2, 0.25) is 0 Å². The summed E-state index contributed by atoms with van der Waals surface area (Å²) in [6.07, 6.45) is 6.41. The summed E-state index contributed by atoms with van der Waals surface area (Å²) in [6, 6.07) is 37.3. The molecule has 0 N–H and O–H groups in total. The van der Waals surface area contributed by atoms with Crippen molar-refractivity contribution in [3.63, 3.8) is 0 Å². The Bertz CT molecular complexity index is 2400. The molecular formula is C48H52N4OPt. The van der Waals surface area contributed by atoms with E-state index in [2.05, 4.69) is 146 Å². The molecule has 7 rings (SSSR count). The summed E-state index contributed by atoms with van der Waals surface area (Å²) in [5, 5.41) is 7.34. The summed E-state index contributed by atoms with van der Waals surface area (Å²) in [4.78, 5) is 4.83. The van der Waals surface area contributed by atoms with E-state index in [-0.39, 0.29) is 21.1 Å². The van der Waals surface area contributed by atoms with E-state index in [4.69, 9.17) is 14.8 Å². The summed E-state index contributed by atoms with van der Waals surface area (Å²) in [6.45, 7) is 20.1. The predicted octanol–water partition coefficient (Wildman–Crippen LogP) is 12.9. The van der Waals surface area contributed by atoms with Crippen molar-refractivity contribution in [3.8, 4) is 34.1 Å². The summed E-state index contributed by atoms with van der Waals surface area (Å²) >= 11 is 0. The van der Waals surface area contributed by atoms with E-state index >= 15 is 0 Å². The fourth-order valence-corrected chi connectivity index (χ4v) is 7.65. The van der Waals surface area contributed by atoms with Gasteiger partial charge in [0.05, 0.1) is 5.69 Å². The molecule has 0 fully saturated rings. The van der Waals surface area contributed by atoms with Gasteiger partial charge in [0.25, 0.3) is 0 Å². The Morgan fingerprint density at radius 1 is 0.815 bits per heavy atom. The molecule has 280 valence electrons. The van der Waals surface area contributed by atoms with Gasteiger partial charge in [-0.15, -0.1) is 35.7 Å². The van der Waals surface area contributed by atoms with E-state index in [1.54, 1.807) is 0 Å². The molecule has 6 heteroatoms. The number of nitrogens with zero attached hydrogens (tertiary/aromatic N) is 4. The van der Waals surface area contributed by atoms with Crippen molar-refractivity contribution in [1.29, 1.82) is 0 Å². The molecule has 0 saturated heterocycles. The molecule has 0 saturated carbocycles. The molecule has 0 spiro atoms. The van der Waals surface area contributed by atoms with Gasteiger partial charge in [0.15, 0.2) is 0 Å². The third-order valence-corrected chi connectivity index (χ3v) is 10.3. The van der Waals surface area contributed by atoms with Gasteiger partial charge in [0.1, 0.15) is 5.82 Å². The van der Waals surface area contributed by atoms with Crippen LogP contribution in [0.4, 0.5) is 0 Å². The van der Waals surface area contributed by atoms with Crippen molar-refractivity contribution >= 4 is 21.8 Å². The molecule has 4 aromatic carbocycles. The quantitative estimate of drug-likeness (QED) is 0.122. The van der Waals surface area contributed by atoms with Crippen molar-refractivity contribution < 1.29 is 25.8 Å². The molecular weight excluding hydrogens is 844 g/mol. The number of ether oxygens (including phenoxy) is 1. The van der Waals surface area contributed by atoms with E-state index in [9.17, 15) is 0 Å². The van der Waals surface area contributed by atoms with Crippen LogP contribution in [-0.4, -0.2) is 19.3 Å². The van der Waals surface area contributed by atoms with Crippen LogP contribution in [0, 0.1) is 44.2 Å². The second-order valence-corrected chi connectivity index (χ2v) is 16.5. The van der Waals surface area contributed by atoms with Gasteiger partial charge >= 0.3 is 21.1 Å². The van der Waals surface area contributed by atoms with Crippen LogP contribution >= 0.6 is 0 Å². The fourth-order valence-electron chi connectivity index (χ4n) is 7.65. The summed E-state index contributed by atoms with van der Waals surface area (Å²) < 4.78 is 10.9. The SMILES string of the molecule is Cc1ccnc(-n2c3[c-]c(Oc4[c-]c(-n5nc(C)c(-c6ccccc6)c5C)cc(CC(C)C)c4)ccc3c3cc(C(C)CCCC(C)(C)C)ccc32)c1.[Pt+2]. The van der Waals surface area contributed by atoms with Crippen LogP contribution in [0.25, 0.3) is 44.4 Å². The van der Waals surface area contributed by atoms with Gasteiger partial charge < -0.3 is 9.30 Å². The minimum Gasteiger partial charge on any atom is -0.509 e. The largest absolute Gasteiger partial charge is 2.00 e. The molecule has 0 radical (unpaired) electrons.